The molecule has 4 N–H and O–H groups in total. The molecule has 1 fully saturated rings. The maximum absolute atomic E-state index is 12.2. The molecule has 0 saturated carbocycles. The molecule has 0 radical (unpaired) electrons. The Morgan fingerprint density at radius 2 is 2.11 bits per heavy atom. The third kappa shape index (κ3) is 3.21. The third-order valence-electron chi connectivity index (χ3n) is 3.17. The van der Waals surface area contributed by atoms with E-state index < -0.39 is 15.6 Å². The van der Waals surface area contributed by atoms with Crippen LogP contribution in [0.15, 0.2) is 23.2 Å². The molecule has 106 valence electrons. The van der Waals surface area contributed by atoms with Gasteiger partial charge in [-0.05, 0) is 25.0 Å². The molecule has 1 saturated heterocycles. The highest BCUT2D eigenvalue weighted by atomic mass is 32.2. The smallest absolute Gasteiger partial charge is 0.242 e. The maximum atomic E-state index is 12.2. The highest BCUT2D eigenvalue weighted by molar-refractivity contribution is 7.89. The Hall–Kier alpha value is -1.22. The Balaban J connectivity index is 2.22. The van der Waals surface area contributed by atoms with E-state index in [0.29, 0.717) is 26.1 Å². The number of nitrogens with zero attached hydrogens (tertiary/aromatic N) is 1. The summed E-state index contributed by atoms with van der Waals surface area (Å²) in [5.74, 6) is 0.252. The van der Waals surface area contributed by atoms with Crippen molar-refractivity contribution in [3.05, 3.63) is 18.3 Å². The van der Waals surface area contributed by atoms with E-state index in [2.05, 4.69) is 9.71 Å². The van der Waals surface area contributed by atoms with E-state index in [1.807, 2.05) is 0 Å². The molecule has 0 atom stereocenters. The minimum absolute atomic E-state index is 0.0287. The lowest BCUT2D eigenvalue weighted by molar-refractivity contribution is 0.0223. The van der Waals surface area contributed by atoms with Gasteiger partial charge in [-0.3, -0.25) is 0 Å². The van der Waals surface area contributed by atoms with E-state index >= 15 is 0 Å². The number of aliphatic hydroxyl groups is 1. The van der Waals surface area contributed by atoms with Crippen LogP contribution in [0.4, 0.5) is 5.82 Å². The predicted molar refractivity (Wildman–Crippen MR) is 68.8 cm³/mol. The quantitative estimate of drug-likeness (QED) is 0.686. The summed E-state index contributed by atoms with van der Waals surface area (Å²) in [4.78, 5) is 3.79. The minimum Gasteiger partial charge on any atom is -0.394 e. The highest BCUT2D eigenvalue weighted by Gasteiger charge is 2.36. The molecule has 2 rings (SSSR count). The molecule has 19 heavy (non-hydrogen) atoms. The van der Waals surface area contributed by atoms with Gasteiger partial charge in [-0.2, -0.15) is 0 Å². The summed E-state index contributed by atoms with van der Waals surface area (Å²) in [6, 6.07) is 2.80. The summed E-state index contributed by atoms with van der Waals surface area (Å²) < 4.78 is 32.2. The summed E-state index contributed by atoms with van der Waals surface area (Å²) >= 11 is 0. The Morgan fingerprint density at radius 1 is 1.42 bits per heavy atom. The number of nitrogens with two attached hydrogens (primary N) is 1. The van der Waals surface area contributed by atoms with Crippen LogP contribution in [-0.4, -0.2) is 43.9 Å². The van der Waals surface area contributed by atoms with Gasteiger partial charge >= 0.3 is 0 Å². The molecular formula is C11H17N3O4S. The summed E-state index contributed by atoms with van der Waals surface area (Å²) in [6.45, 7) is 0.574. The fourth-order valence-corrected chi connectivity index (χ4v) is 3.34. The number of aromatic nitrogens is 1. The van der Waals surface area contributed by atoms with E-state index in [1.54, 1.807) is 0 Å². The normalized spacial score (nSPS) is 19.2. The van der Waals surface area contributed by atoms with E-state index in [4.69, 9.17) is 10.5 Å². The van der Waals surface area contributed by atoms with Gasteiger partial charge in [0.15, 0.2) is 0 Å². The van der Waals surface area contributed by atoms with Crippen LogP contribution >= 0.6 is 0 Å². The molecule has 1 aliphatic heterocycles. The number of rotatable bonds is 4. The first-order valence-electron chi connectivity index (χ1n) is 5.92. The monoisotopic (exact) mass is 287 g/mol. The van der Waals surface area contributed by atoms with E-state index in [9.17, 15) is 13.5 Å². The van der Waals surface area contributed by atoms with Gasteiger partial charge in [0.2, 0.25) is 10.0 Å². The molecule has 1 aliphatic rings. The Labute approximate surface area is 111 Å². The summed E-state index contributed by atoms with van der Waals surface area (Å²) in [6.07, 6.45) is 2.07. The van der Waals surface area contributed by atoms with Crippen molar-refractivity contribution in [3.8, 4) is 0 Å². The van der Waals surface area contributed by atoms with Crippen LogP contribution in [-0.2, 0) is 14.8 Å². The molecule has 0 bridgehead atoms. The molecule has 0 aliphatic carbocycles. The lowest BCUT2D eigenvalue weighted by atomic mass is 9.93. The van der Waals surface area contributed by atoms with Gasteiger partial charge in [0.1, 0.15) is 10.7 Å². The van der Waals surface area contributed by atoms with Crippen LogP contribution in [0.25, 0.3) is 0 Å². The number of ether oxygens (including phenoxy) is 1. The van der Waals surface area contributed by atoms with Crippen molar-refractivity contribution in [1.82, 2.24) is 9.71 Å². The van der Waals surface area contributed by atoms with Gasteiger partial charge in [0.25, 0.3) is 0 Å². The van der Waals surface area contributed by atoms with Crippen LogP contribution in [0.5, 0.6) is 0 Å². The van der Waals surface area contributed by atoms with Gasteiger partial charge in [0, 0.05) is 19.4 Å². The average Bonchev–Trinajstić information content (AvgIpc) is 2.40. The molecule has 1 aromatic heterocycles. The zero-order valence-electron chi connectivity index (χ0n) is 10.4. The first-order chi connectivity index (χ1) is 8.97. The number of nitrogen functional groups attached to an aromatic ring is 1. The molecular weight excluding hydrogens is 270 g/mol. The van der Waals surface area contributed by atoms with Crippen molar-refractivity contribution in [1.29, 1.82) is 0 Å². The van der Waals surface area contributed by atoms with Gasteiger partial charge in [-0.1, -0.05) is 0 Å². The number of nitrogens with one attached hydrogen (secondary N) is 1. The topological polar surface area (TPSA) is 115 Å². The van der Waals surface area contributed by atoms with Crippen LogP contribution < -0.4 is 10.5 Å². The van der Waals surface area contributed by atoms with Crippen molar-refractivity contribution in [2.24, 2.45) is 0 Å². The van der Waals surface area contributed by atoms with Crippen molar-refractivity contribution >= 4 is 15.8 Å². The molecule has 0 unspecified atom stereocenters. The second kappa shape index (κ2) is 5.41. The van der Waals surface area contributed by atoms with Crippen LogP contribution in [0.1, 0.15) is 12.8 Å². The highest BCUT2D eigenvalue weighted by Crippen LogP contribution is 2.23. The second-order valence-electron chi connectivity index (χ2n) is 4.58. The Bertz CT molecular complexity index is 523. The number of hydrogen-bond acceptors (Lipinski definition) is 6. The van der Waals surface area contributed by atoms with Gasteiger partial charge in [-0.25, -0.2) is 18.1 Å². The Morgan fingerprint density at radius 3 is 2.63 bits per heavy atom. The summed E-state index contributed by atoms with van der Waals surface area (Å²) in [5.41, 5.74) is 4.56. The molecule has 8 heteroatoms. The van der Waals surface area contributed by atoms with Crippen molar-refractivity contribution in [2.75, 3.05) is 25.6 Å². The first kappa shape index (κ1) is 14.2. The minimum atomic E-state index is -3.73. The molecule has 0 aromatic carbocycles. The van der Waals surface area contributed by atoms with Crippen molar-refractivity contribution < 1.29 is 18.3 Å². The summed E-state index contributed by atoms with van der Waals surface area (Å²) in [7, 11) is -3.73. The molecule has 1 aromatic rings. The second-order valence-corrected chi connectivity index (χ2v) is 6.26. The van der Waals surface area contributed by atoms with Gasteiger partial charge in [0.05, 0.1) is 12.1 Å². The lowest BCUT2D eigenvalue weighted by Crippen LogP contribution is -2.54. The first-order valence-corrected chi connectivity index (χ1v) is 7.40. The largest absolute Gasteiger partial charge is 0.394 e. The predicted octanol–water partition coefficient (Wildman–Crippen LogP) is -0.516. The van der Waals surface area contributed by atoms with Crippen LogP contribution in [0.3, 0.4) is 0 Å². The third-order valence-corrected chi connectivity index (χ3v) is 4.74. The zero-order valence-corrected chi connectivity index (χ0v) is 11.2. The number of sulfonamides is 1. The standard InChI is InChI=1S/C11H17N3O4S/c12-10-2-1-9(7-13-10)19(16,17)14-11(8-15)3-5-18-6-4-11/h1-2,7,14-15H,3-6,8H2,(H2,12,13). The van der Waals surface area contributed by atoms with E-state index in [-0.39, 0.29) is 17.3 Å². The number of anilines is 1. The number of hydrogen-bond donors (Lipinski definition) is 3. The summed E-state index contributed by atoms with van der Waals surface area (Å²) in [5, 5.41) is 9.48. The Kier molecular flexibility index (Phi) is 4.04. The van der Waals surface area contributed by atoms with Crippen LogP contribution in [0, 0.1) is 0 Å². The molecule has 7 nitrogen and oxygen atoms in total. The van der Waals surface area contributed by atoms with Crippen molar-refractivity contribution in [2.45, 2.75) is 23.3 Å². The average molecular weight is 287 g/mol. The molecule has 2 heterocycles. The number of aliphatic hydroxyl groups excluding tert-OH is 1. The SMILES string of the molecule is Nc1ccc(S(=O)(=O)NC2(CO)CCOCC2)cn1. The fraction of sp³-hybridized carbons (Fsp3) is 0.545. The van der Waals surface area contributed by atoms with Gasteiger partial charge in [-0.15, -0.1) is 0 Å². The fourth-order valence-electron chi connectivity index (χ4n) is 1.95. The zero-order chi connectivity index (χ0) is 13.9. The van der Waals surface area contributed by atoms with Gasteiger partial charge < -0.3 is 15.6 Å². The molecule has 0 amide bonds. The van der Waals surface area contributed by atoms with Crippen LogP contribution in [0.2, 0.25) is 0 Å². The van der Waals surface area contributed by atoms with Crippen molar-refractivity contribution in [3.63, 3.8) is 0 Å². The van der Waals surface area contributed by atoms with E-state index in [0.717, 1.165) is 0 Å². The lowest BCUT2D eigenvalue weighted by Gasteiger charge is -2.35. The number of pyridine rings is 1. The maximum Gasteiger partial charge on any atom is 0.242 e. The van der Waals surface area contributed by atoms with E-state index in [1.165, 1.54) is 18.3 Å². The molecule has 0 spiro atoms.